The average Bonchev–Trinajstić information content (AvgIpc) is 2.93. The summed E-state index contributed by atoms with van der Waals surface area (Å²) < 4.78 is 5.18. The third-order valence-electron chi connectivity index (χ3n) is 3.89. The van der Waals surface area contributed by atoms with Crippen molar-refractivity contribution in [1.82, 2.24) is 20.2 Å². The minimum atomic E-state index is 0.433. The van der Waals surface area contributed by atoms with Crippen LogP contribution in [0.4, 0.5) is 5.82 Å². The van der Waals surface area contributed by atoms with Crippen molar-refractivity contribution in [3.05, 3.63) is 29.2 Å². The third kappa shape index (κ3) is 2.99. The number of H-pyrrole nitrogens is 1. The molecule has 1 aliphatic rings. The molecule has 21 heavy (non-hydrogen) atoms. The zero-order valence-electron chi connectivity index (χ0n) is 12.8. The molecule has 1 atom stereocenters. The highest BCUT2D eigenvalue weighted by molar-refractivity contribution is 5.42. The Balaban J connectivity index is 1.81. The van der Waals surface area contributed by atoms with Crippen molar-refractivity contribution < 1.29 is 4.74 Å². The maximum Gasteiger partial charge on any atom is 0.318 e. The van der Waals surface area contributed by atoms with Gasteiger partial charge in [-0.2, -0.15) is 10.1 Å². The van der Waals surface area contributed by atoms with Gasteiger partial charge in [0.2, 0.25) is 0 Å². The lowest BCUT2D eigenvalue weighted by Gasteiger charge is -2.33. The summed E-state index contributed by atoms with van der Waals surface area (Å²) in [5.74, 6) is 1.39. The van der Waals surface area contributed by atoms with Crippen LogP contribution in [0.2, 0.25) is 0 Å². The minimum Gasteiger partial charge on any atom is -0.467 e. The van der Waals surface area contributed by atoms with Crippen LogP contribution in [-0.4, -0.2) is 40.4 Å². The lowest BCUT2D eigenvalue weighted by atomic mass is 9.94. The van der Waals surface area contributed by atoms with E-state index in [-0.39, 0.29) is 0 Å². The van der Waals surface area contributed by atoms with Crippen LogP contribution in [0.15, 0.2) is 12.1 Å². The quantitative estimate of drug-likeness (QED) is 0.937. The Hall–Kier alpha value is -2.11. The smallest absolute Gasteiger partial charge is 0.318 e. The van der Waals surface area contributed by atoms with E-state index in [4.69, 9.17) is 4.74 Å². The first kappa shape index (κ1) is 13.9. The van der Waals surface area contributed by atoms with Gasteiger partial charge in [0.1, 0.15) is 5.82 Å². The fourth-order valence-electron chi connectivity index (χ4n) is 2.85. The van der Waals surface area contributed by atoms with Crippen LogP contribution in [0, 0.1) is 13.8 Å². The molecule has 1 fully saturated rings. The van der Waals surface area contributed by atoms with Crippen molar-refractivity contribution in [2.24, 2.45) is 0 Å². The van der Waals surface area contributed by atoms with Crippen LogP contribution in [0.1, 0.15) is 35.8 Å². The SMILES string of the molecule is COc1nc(C)cc(N2CCCC(c3cc(C)[nH]n3)C2)n1. The summed E-state index contributed by atoms with van der Waals surface area (Å²) in [6, 6.07) is 4.59. The largest absolute Gasteiger partial charge is 0.467 e. The number of methoxy groups -OCH3 is 1. The van der Waals surface area contributed by atoms with Gasteiger partial charge in [0.15, 0.2) is 0 Å². The molecule has 1 unspecified atom stereocenters. The summed E-state index contributed by atoms with van der Waals surface area (Å²) in [6.45, 7) is 5.95. The second-order valence-corrected chi connectivity index (χ2v) is 5.62. The van der Waals surface area contributed by atoms with E-state index in [9.17, 15) is 0 Å². The Kier molecular flexibility index (Phi) is 3.77. The number of hydrogen-bond donors (Lipinski definition) is 1. The van der Waals surface area contributed by atoms with Crippen molar-refractivity contribution in [2.75, 3.05) is 25.1 Å². The maximum absolute atomic E-state index is 5.18. The molecule has 0 bridgehead atoms. The topological polar surface area (TPSA) is 66.9 Å². The number of nitrogens with zero attached hydrogens (tertiary/aromatic N) is 4. The van der Waals surface area contributed by atoms with Crippen LogP contribution in [0.25, 0.3) is 0 Å². The lowest BCUT2D eigenvalue weighted by Crippen LogP contribution is -2.35. The number of aromatic amines is 1. The van der Waals surface area contributed by atoms with Gasteiger partial charge < -0.3 is 9.64 Å². The van der Waals surface area contributed by atoms with Crippen LogP contribution in [0.3, 0.4) is 0 Å². The van der Waals surface area contributed by atoms with Crippen molar-refractivity contribution in [3.63, 3.8) is 0 Å². The summed E-state index contributed by atoms with van der Waals surface area (Å²) in [5.41, 5.74) is 3.19. The monoisotopic (exact) mass is 287 g/mol. The second-order valence-electron chi connectivity index (χ2n) is 5.62. The lowest BCUT2D eigenvalue weighted by molar-refractivity contribution is 0.377. The highest BCUT2D eigenvalue weighted by Gasteiger charge is 2.24. The fourth-order valence-corrected chi connectivity index (χ4v) is 2.85. The number of hydrogen-bond acceptors (Lipinski definition) is 5. The molecule has 3 heterocycles. The first-order chi connectivity index (χ1) is 10.2. The van der Waals surface area contributed by atoms with Crippen molar-refractivity contribution in [2.45, 2.75) is 32.6 Å². The van der Waals surface area contributed by atoms with Crippen molar-refractivity contribution >= 4 is 5.82 Å². The number of aromatic nitrogens is 4. The highest BCUT2D eigenvalue weighted by atomic mass is 16.5. The molecule has 1 aliphatic heterocycles. The average molecular weight is 287 g/mol. The fraction of sp³-hybridized carbons (Fsp3) is 0.533. The van der Waals surface area contributed by atoms with Gasteiger partial charge in [-0.25, -0.2) is 4.98 Å². The van der Waals surface area contributed by atoms with Gasteiger partial charge >= 0.3 is 6.01 Å². The van der Waals surface area contributed by atoms with E-state index in [1.807, 2.05) is 19.9 Å². The second kappa shape index (κ2) is 5.71. The van der Waals surface area contributed by atoms with Crippen LogP contribution in [-0.2, 0) is 0 Å². The van der Waals surface area contributed by atoms with Gasteiger partial charge in [0.05, 0.1) is 12.8 Å². The predicted octanol–water partition coefficient (Wildman–Crippen LogP) is 2.21. The summed E-state index contributed by atoms with van der Waals surface area (Å²) in [4.78, 5) is 11.0. The van der Waals surface area contributed by atoms with Crippen LogP contribution >= 0.6 is 0 Å². The minimum absolute atomic E-state index is 0.433. The van der Waals surface area contributed by atoms with E-state index in [1.54, 1.807) is 7.11 Å². The molecule has 1 N–H and O–H groups in total. The van der Waals surface area contributed by atoms with Gasteiger partial charge in [0, 0.05) is 36.5 Å². The highest BCUT2D eigenvalue weighted by Crippen LogP contribution is 2.29. The molecule has 0 saturated carbocycles. The molecule has 6 heteroatoms. The predicted molar refractivity (Wildman–Crippen MR) is 80.8 cm³/mol. The Morgan fingerprint density at radius 1 is 1.29 bits per heavy atom. The summed E-state index contributed by atoms with van der Waals surface area (Å²) in [6.07, 6.45) is 2.31. The third-order valence-corrected chi connectivity index (χ3v) is 3.89. The van der Waals surface area contributed by atoms with Gasteiger partial charge in [-0.05, 0) is 32.8 Å². The van der Waals surface area contributed by atoms with Gasteiger partial charge in [-0.1, -0.05) is 0 Å². The first-order valence-electron chi connectivity index (χ1n) is 7.32. The Morgan fingerprint density at radius 3 is 2.86 bits per heavy atom. The molecular weight excluding hydrogens is 266 g/mol. The number of ether oxygens (including phenoxy) is 1. The zero-order chi connectivity index (χ0) is 14.8. The molecule has 112 valence electrons. The van der Waals surface area contributed by atoms with Crippen LogP contribution < -0.4 is 9.64 Å². The van der Waals surface area contributed by atoms with E-state index < -0.39 is 0 Å². The van der Waals surface area contributed by atoms with E-state index in [0.29, 0.717) is 11.9 Å². The molecule has 0 spiro atoms. The number of nitrogens with one attached hydrogen (secondary N) is 1. The normalized spacial score (nSPS) is 18.8. The summed E-state index contributed by atoms with van der Waals surface area (Å²) in [5, 5.41) is 7.44. The molecular formula is C15H21N5O. The Bertz CT molecular complexity index is 624. The van der Waals surface area contributed by atoms with E-state index >= 15 is 0 Å². The Labute approximate surface area is 124 Å². The van der Waals surface area contributed by atoms with Gasteiger partial charge in [0.25, 0.3) is 0 Å². The Morgan fingerprint density at radius 2 is 2.14 bits per heavy atom. The summed E-state index contributed by atoms with van der Waals surface area (Å²) in [7, 11) is 1.60. The molecule has 0 aromatic carbocycles. The number of anilines is 1. The van der Waals surface area contributed by atoms with Gasteiger partial charge in [-0.15, -0.1) is 0 Å². The van der Waals surface area contributed by atoms with E-state index in [0.717, 1.165) is 42.4 Å². The molecule has 0 aliphatic carbocycles. The van der Waals surface area contributed by atoms with E-state index in [1.165, 1.54) is 6.42 Å². The van der Waals surface area contributed by atoms with Gasteiger partial charge in [-0.3, -0.25) is 5.10 Å². The zero-order valence-corrected chi connectivity index (χ0v) is 12.8. The molecule has 0 amide bonds. The number of piperidine rings is 1. The molecule has 1 saturated heterocycles. The van der Waals surface area contributed by atoms with Crippen molar-refractivity contribution in [1.29, 1.82) is 0 Å². The van der Waals surface area contributed by atoms with E-state index in [2.05, 4.69) is 31.1 Å². The van der Waals surface area contributed by atoms with Crippen molar-refractivity contribution in [3.8, 4) is 6.01 Å². The van der Waals surface area contributed by atoms with Crippen LogP contribution in [0.5, 0.6) is 6.01 Å². The molecule has 2 aromatic heterocycles. The number of aryl methyl sites for hydroxylation is 2. The first-order valence-corrected chi connectivity index (χ1v) is 7.32. The number of rotatable bonds is 3. The molecule has 6 nitrogen and oxygen atoms in total. The molecule has 3 rings (SSSR count). The standard InChI is InChI=1S/C15H21N5O/c1-10-8-14(17-15(16-10)21-3)20-6-4-5-12(9-20)13-7-11(2)18-19-13/h7-8,12H,4-6,9H2,1-3H3,(H,18,19). The molecule has 0 radical (unpaired) electrons. The molecule has 2 aromatic rings. The maximum atomic E-state index is 5.18. The summed E-state index contributed by atoms with van der Waals surface area (Å²) >= 11 is 0.